The third kappa shape index (κ3) is 5.93. The van der Waals surface area contributed by atoms with Gasteiger partial charge in [0.2, 0.25) is 5.95 Å². The monoisotopic (exact) mass is 417 g/mol. The summed E-state index contributed by atoms with van der Waals surface area (Å²) < 4.78 is 26.0. The highest BCUT2D eigenvalue weighted by Gasteiger charge is 2.18. The quantitative estimate of drug-likeness (QED) is 0.531. The molecule has 0 spiro atoms. The van der Waals surface area contributed by atoms with Gasteiger partial charge in [-0.2, -0.15) is 4.98 Å². The maximum atomic E-state index is 13.6. The van der Waals surface area contributed by atoms with Gasteiger partial charge < -0.3 is 10.6 Å². The highest BCUT2D eigenvalue weighted by atomic mass is 19.1. The molecule has 2 aromatic heterocycles. The molecule has 162 valence electrons. The van der Waals surface area contributed by atoms with Gasteiger partial charge in [-0.3, -0.25) is 14.2 Å². The van der Waals surface area contributed by atoms with Gasteiger partial charge in [0.05, 0.1) is 17.9 Å². The van der Waals surface area contributed by atoms with Gasteiger partial charge in [0.15, 0.2) is 5.78 Å². The summed E-state index contributed by atoms with van der Waals surface area (Å²) >= 11 is 0. The van der Waals surface area contributed by atoms with Crippen LogP contribution in [0.15, 0.2) is 24.5 Å². The number of pyridine rings is 1. The zero-order valence-electron chi connectivity index (χ0n) is 17.3. The fourth-order valence-electron chi connectivity index (χ4n) is 3.50. The van der Waals surface area contributed by atoms with Crippen molar-refractivity contribution >= 4 is 17.5 Å². The second kappa shape index (κ2) is 10.9. The lowest BCUT2D eigenvalue weighted by atomic mass is 9.95. The van der Waals surface area contributed by atoms with Crippen LogP contribution in [0.5, 0.6) is 0 Å². The number of carbonyl (C=O) groups excluding carboxylic acids is 1. The predicted octanol–water partition coefficient (Wildman–Crippen LogP) is 4.99. The number of aromatic nitrogens is 3. The molecule has 1 atom stereocenters. The Morgan fingerprint density at radius 2 is 2.00 bits per heavy atom. The van der Waals surface area contributed by atoms with Crippen molar-refractivity contribution in [1.82, 2.24) is 15.0 Å². The number of Topliss-reactive ketones (excluding diaryl/α,β-unsaturated/α-hetero) is 1. The zero-order valence-corrected chi connectivity index (χ0v) is 17.3. The van der Waals surface area contributed by atoms with Crippen molar-refractivity contribution in [3.05, 3.63) is 30.1 Å². The van der Waals surface area contributed by atoms with Gasteiger partial charge >= 0.3 is 0 Å². The SMILES string of the molecule is CCC(F)CNc1ncc(-c2ccc(C(=O)CCF)cn2)c(NC2CCCCC2)n1. The van der Waals surface area contributed by atoms with Crippen molar-refractivity contribution in [2.75, 3.05) is 23.9 Å². The first kappa shape index (κ1) is 22.1. The molecular formula is C22H29F2N5O. The Morgan fingerprint density at radius 3 is 2.67 bits per heavy atom. The minimum Gasteiger partial charge on any atom is -0.367 e. The Balaban J connectivity index is 1.84. The van der Waals surface area contributed by atoms with Crippen LogP contribution in [0.25, 0.3) is 11.3 Å². The second-order valence-electron chi connectivity index (χ2n) is 7.62. The van der Waals surface area contributed by atoms with E-state index >= 15 is 0 Å². The number of ketones is 1. The average Bonchev–Trinajstić information content (AvgIpc) is 2.78. The number of halogens is 2. The molecule has 0 amide bonds. The van der Waals surface area contributed by atoms with Crippen LogP contribution in [0.2, 0.25) is 0 Å². The molecule has 0 aliphatic heterocycles. The van der Waals surface area contributed by atoms with Gasteiger partial charge in [-0.1, -0.05) is 26.2 Å². The van der Waals surface area contributed by atoms with Gasteiger partial charge in [-0.15, -0.1) is 0 Å². The molecule has 1 unspecified atom stereocenters. The summed E-state index contributed by atoms with van der Waals surface area (Å²) in [5.41, 5.74) is 1.71. The summed E-state index contributed by atoms with van der Waals surface area (Å²) in [6.07, 6.45) is 8.16. The van der Waals surface area contributed by atoms with E-state index in [1.54, 1.807) is 25.3 Å². The highest BCUT2D eigenvalue weighted by molar-refractivity contribution is 5.96. The average molecular weight is 418 g/mol. The Hall–Kier alpha value is -2.64. The summed E-state index contributed by atoms with van der Waals surface area (Å²) in [5, 5.41) is 6.46. The second-order valence-corrected chi connectivity index (χ2v) is 7.62. The van der Waals surface area contributed by atoms with E-state index in [-0.39, 0.29) is 18.7 Å². The molecule has 1 aliphatic rings. The molecule has 0 radical (unpaired) electrons. The van der Waals surface area contributed by atoms with Gasteiger partial charge in [0.25, 0.3) is 0 Å². The molecule has 30 heavy (non-hydrogen) atoms. The van der Waals surface area contributed by atoms with Gasteiger partial charge in [-0.25, -0.2) is 9.37 Å². The lowest BCUT2D eigenvalue weighted by Gasteiger charge is -2.24. The molecule has 2 N–H and O–H groups in total. The van der Waals surface area contributed by atoms with Crippen LogP contribution >= 0.6 is 0 Å². The molecule has 0 saturated heterocycles. The Kier molecular flexibility index (Phi) is 8.04. The molecule has 0 bridgehead atoms. The maximum absolute atomic E-state index is 13.6. The van der Waals surface area contributed by atoms with Crippen LogP contribution in [0.1, 0.15) is 62.2 Å². The molecule has 1 saturated carbocycles. The number of rotatable bonds is 10. The summed E-state index contributed by atoms with van der Waals surface area (Å²) in [5.74, 6) is 0.731. The molecule has 8 heteroatoms. The van der Waals surface area contributed by atoms with Gasteiger partial charge in [0, 0.05) is 37.0 Å². The van der Waals surface area contributed by atoms with E-state index in [0.29, 0.717) is 41.0 Å². The molecule has 1 aliphatic carbocycles. The third-order valence-electron chi connectivity index (χ3n) is 5.34. The van der Waals surface area contributed by atoms with Crippen LogP contribution in [0.4, 0.5) is 20.5 Å². The number of anilines is 2. The number of alkyl halides is 2. The molecule has 3 rings (SSSR count). The lowest BCUT2D eigenvalue weighted by molar-refractivity contribution is 0.0973. The Morgan fingerprint density at radius 1 is 1.20 bits per heavy atom. The Bertz CT molecular complexity index is 825. The van der Waals surface area contributed by atoms with Crippen molar-refractivity contribution < 1.29 is 13.6 Å². The number of hydrogen-bond donors (Lipinski definition) is 2. The fourth-order valence-corrected chi connectivity index (χ4v) is 3.50. The number of hydrogen-bond acceptors (Lipinski definition) is 6. The minimum absolute atomic E-state index is 0.147. The largest absolute Gasteiger partial charge is 0.367 e. The first-order chi connectivity index (χ1) is 14.6. The van der Waals surface area contributed by atoms with E-state index < -0.39 is 12.8 Å². The molecule has 6 nitrogen and oxygen atoms in total. The molecule has 1 fully saturated rings. The predicted molar refractivity (Wildman–Crippen MR) is 114 cm³/mol. The number of carbonyl (C=O) groups is 1. The van der Waals surface area contributed by atoms with Crippen molar-refractivity contribution in [3.8, 4) is 11.3 Å². The van der Waals surface area contributed by atoms with E-state index in [1.807, 2.05) is 0 Å². The summed E-state index contributed by atoms with van der Waals surface area (Å²) in [4.78, 5) is 25.1. The number of nitrogens with one attached hydrogen (secondary N) is 2. The number of nitrogens with zero attached hydrogens (tertiary/aromatic N) is 3. The zero-order chi connectivity index (χ0) is 21.3. The lowest BCUT2D eigenvalue weighted by Crippen LogP contribution is -2.24. The van der Waals surface area contributed by atoms with Crippen LogP contribution in [0, 0.1) is 0 Å². The first-order valence-electron chi connectivity index (χ1n) is 10.7. The molecular weight excluding hydrogens is 388 g/mol. The van der Waals surface area contributed by atoms with Gasteiger partial charge in [0.1, 0.15) is 12.0 Å². The molecule has 0 aromatic carbocycles. The van der Waals surface area contributed by atoms with E-state index in [0.717, 1.165) is 12.8 Å². The summed E-state index contributed by atoms with van der Waals surface area (Å²) in [6, 6.07) is 3.68. The fraction of sp³-hybridized carbons (Fsp3) is 0.545. The van der Waals surface area contributed by atoms with Crippen molar-refractivity contribution in [2.24, 2.45) is 0 Å². The smallest absolute Gasteiger partial charge is 0.224 e. The van der Waals surface area contributed by atoms with E-state index in [2.05, 4.69) is 25.6 Å². The van der Waals surface area contributed by atoms with E-state index in [1.165, 1.54) is 25.5 Å². The highest BCUT2D eigenvalue weighted by Crippen LogP contribution is 2.29. The van der Waals surface area contributed by atoms with Crippen LogP contribution in [0.3, 0.4) is 0 Å². The van der Waals surface area contributed by atoms with Crippen molar-refractivity contribution in [3.63, 3.8) is 0 Å². The van der Waals surface area contributed by atoms with Crippen LogP contribution in [-0.4, -0.2) is 46.2 Å². The first-order valence-corrected chi connectivity index (χ1v) is 10.7. The summed E-state index contributed by atoms with van der Waals surface area (Å²) in [6.45, 7) is 1.26. The minimum atomic E-state index is -0.959. The summed E-state index contributed by atoms with van der Waals surface area (Å²) in [7, 11) is 0. The van der Waals surface area contributed by atoms with Crippen LogP contribution in [-0.2, 0) is 0 Å². The van der Waals surface area contributed by atoms with Crippen molar-refractivity contribution in [1.29, 1.82) is 0 Å². The standard InChI is InChI=1S/C22H29F2N5O/c1-2-16(24)13-26-22-27-14-18(21(29-22)28-17-6-4-3-5-7-17)19-9-8-15(12-25-19)20(30)10-11-23/h8-9,12,14,16-17H,2-7,10-11,13H2,1H3,(H2,26,27,28,29). The Labute approximate surface area is 175 Å². The van der Waals surface area contributed by atoms with E-state index in [9.17, 15) is 13.6 Å². The van der Waals surface area contributed by atoms with Crippen LogP contribution < -0.4 is 10.6 Å². The van der Waals surface area contributed by atoms with Crippen molar-refractivity contribution in [2.45, 2.75) is 64.1 Å². The molecule has 2 aromatic rings. The van der Waals surface area contributed by atoms with E-state index in [4.69, 9.17) is 0 Å². The van der Waals surface area contributed by atoms with Gasteiger partial charge in [-0.05, 0) is 31.4 Å². The normalized spacial score (nSPS) is 15.6. The third-order valence-corrected chi connectivity index (χ3v) is 5.34. The maximum Gasteiger partial charge on any atom is 0.224 e. The molecule has 2 heterocycles. The topological polar surface area (TPSA) is 79.8 Å².